The first-order valence-corrected chi connectivity index (χ1v) is 11.1. The van der Waals surface area contributed by atoms with Gasteiger partial charge in [0.15, 0.2) is 0 Å². The summed E-state index contributed by atoms with van der Waals surface area (Å²) in [5.74, 6) is 0.707. The van der Waals surface area contributed by atoms with Crippen LogP contribution in [0.3, 0.4) is 0 Å². The molecule has 0 spiro atoms. The average molecular weight is 488 g/mol. The zero-order chi connectivity index (χ0) is 23.6. The van der Waals surface area contributed by atoms with Gasteiger partial charge in [-0.25, -0.2) is 0 Å². The smallest absolute Gasteiger partial charge is 0.416 e. The second-order valence-corrected chi connectivity index (χ2v) is 9.15. The molecule has 0 saturated carbocycles. The van der Waals surface area contributed by atoms with Crippen molar-refractivity contribution in [2.24, 2.45) is 0 Å². The van der Waals surface area contributed by atoms with Crippen molar-refractivity contribution < 1.29 is 17.9 Å². The van der Waals surface area contributed by atoms with E-state index in [0.717, 1.165) is 42.3 Å². The molecule has 3 aromatic rings. The van der Waals surface area contributed by atoms with Crippen molar-refractivity contribution in [3.8, 4) is 5.75 Å². The van der Waals surface area contributed by atoms with E-state index in [-0.39, 0.29) is 12.4 Å². The molecule has 1 aliphatic rings. The average Bonchev–Trinajstić information content (AvgIpc) is 2.76. The van der Waals surface area contributed by atoms with Crippen LogP contribution in [0.15, 0.2) is 78.9 Å². The van der Waals surface area contributed by atoms with Crippen LogP contribution < -0.4 is 4.74 Å². The highest BCUT2D eigenvalue weighted by atomic mass is 35.5. The first-order valence-electron chi connectivity index (χ1n) is 11.1. The fourth-order valence-corrected chi connectivity index (χ4v) is 4.16. The Labute approximate surface area is 205 Å². The van der Waals surface area contributed by atoms with Gasteiger partial charge in [0.05, 0.1) is 5.56 Å². The number of hydrogen-bond acceptors (Lipinski definition) is 2. The van der Waals surface area contributed by atoms with Gasteiger partial charge in [-0.3, -0.25) is 0 Å². The molecule has 1 heterocycles. The summed E-state index contributed by atoms with van der Waals surface area (Å²) in [6.45, 7) is 5.60. The molecule has 0 fully saturated rings. The summed E-state index contributed by atoms with van der Waals surface area (Å²) in [5.41, 5.74) is 3.25. The zero-order valence-electron chi connectivity index (χ0n) is 19.5. The Kier molecular flexibility index (Phi) is 7.79. The Morgan fingerprint density at radius 3 is 2.32 bits per heavy atom. The highest BCUT2D eigenvalue weighted by Gasteiger charge is 2.32. The quantitative estimate of drug-likeness (QED) is 0.359. The highest BCUT2D eigenvalue weighted by Crippen LogP contribution is 2.41. The Bertz CT molecular complexity index is 1160. The summed E-state index contributed by atoms with van der Waals surface area (Å²) in [6.07, 6.45) is -1.63. The number of fused-ring (bicyclic) bond motifs is 1. The maximum atomic E-state index is 13.3. The van der Waals surface area contributed by atoms with Crippen molar-refractivity contribution in [2.75, 3.05) is 13.6 Å². The Morgan fingerprint density at radius 1 is 0.882 bits per heavy atom. The van der Waals surface area contributed by atoms with E-state index in [1.807, 2.05) is 56.3 Å². The summed E-state index contributed by atoms with van der Waals surface area (Å²) in [6, 6.07) is 21.9. The molecule has 3 aromatic carbocycles. The van der Waals surface area contributed by atoms with E-state index < -0.39 is 17.3 Å². The lowest BCUT2D eigenvalue weighted by Gasteiger charge is -2.32. The molecule has 4 rings (SSSR count). The lowest BCUT2D eigenvalue weighted by Crippen LogP contribution is -2.29. The van der Waals surface area contributed by atoms with Crippen LogP contribution in [-0.4, -0.2) is 24.1 Å². The highest BCUT2D eigenvalue weighted by molar-refractivity contribution is 5.85. The summed E-state index contributed by atoms with van der Waals surface area (Å²) in [7, 11) is 2.10. The number of nitrogens with zero attached hydrogens (tertiary/aromatic N) is 1. The molecule has 0 aromatic heterocycles. The first-order chi connectivity index (χ1) is 15.6. The normalized spacial score (nSPS) is 14.6. The summed E-state index contributed by atoms with van der Waals surface area (Å²) >= 11 is 0. The topological polar surface area (TPSA) is 12.5 Å². The van der Waals surface area contributed by atoms with Crippen LogP contribution in [0.1, 0.15) is 41.7 Å². The third-order valence-corrected chi connectivity index (χ3v) is 5.78. The molecule has 2 nitrogen and oxygen atoms in total. The Balaban J connectivity index is 0.00000324. The van der Waals surface area contributed by atoms with Gasteiger partial charge in [-0.1, -0.05) is 54.6 Å². The minimum atomic E-state index is -4.38. The lowest BCUT2D eigenvalue weighted by molar-refractivity contribution is -0.137. The summed E-state index contributed by atoms with van der Waals surface area (Å²) in [4.78, 5) is 2.27. The molecule has 0 bridgehead atoms. The predicted molar refractivity (Wildman–Crippen MR) is 133 cm³/mol. The molecule has 0 atom stereocenters. The number of rotatable bonds is 6. The van der Waals surface area contributed by atoms with Crippen molar-refractivity contribution in [3.05, 3.63) is 107 Å². The standard InChI is InChI=1S/C28H28F3NO.ClH/c1-27(2)18-25(22-10-7-11-23(17-22)28(29,30)31)24-13-12-20(16-26(24)33-27)14-15-32(3)19-21-8-5-4-6-9-21;/h4-13,16-18H,14-15,19H2,1-3H3;1H. The van der Waals surface area contributed by atoms with Gasteiger partial charge >= 0.3 is 6.18 Å². The maximum absolute atomic E-state index is 13.3. The molecule has 0 N–H and O–H groups in total. The Morgan fingerprint density at radius 2 is 1.62 bits per heavy atom. The molecule has 6 heteroatoms. The fourth-order valence-electron chi connectivity index (χ4n) is 4.16. The van der Waals surface area contributed by atoms with Crippen molar-refractivity contribution in [1.29, 1.82) is 0 Å². The van der Waals surface area contributed by atoms with Gasteiger partial charge in [0, 0.05) is 18.7 Å². The van der Waals surface area contributed by atoms with Crippen molar-refractivity contribution >= 4 is 18.0 Å². The van der Waals surface area contributed by atoms with Crippen molar-refractivity contribution in [1.82, 2.24) is 4.90 Å². The van der Waals surface area contributed by atoms with Crippen LogP contribution in [0.4, 0.5) is 13.2 Å². The van der Waals surface area contributed by atoms with Crippen molar-refractivity contribution in [3.63, 3.8) is 0 Å². The van der Waals surface area contributed by atoms with Gasteiger partial charge in [-0.05, 0) is 73.9 Å². The largest absolute Gasteiger partial charge is 0.483 e. The number of hydrogen-bond donors (Lipinski definition) is 0. The van der Waals surface area contributed by atoms with Gasteiger partial charge in [-0.2, -0.15) is 13.2 Å². The number of benzene rings is 3. The second kappa shape index (κ2) is 10.2. The van der Waals surface area contributed by atoms with E-state index >= 15 is 0 Å². The van der Waals surface area contributed by atoms with E-state index in [1.165, 1.54) is 17.7 Å². The molecular formula is C28H29ClF3NO. The maximum Gasteiger partial charge on any atom is 0.416 e. The molecule has 0 amide bonds. The fraction of sp³-hybridized carbons (Fsp3) is 0.286. The lowest BCUT2D eigenvalue weighted by atomic mass is 9.88. The molecular weight excluding hydrogens is 459 g/mol. The minimum Gasteiger partial charge on any atom is -0.483 e. The molecule has 34 heavy (non-hydrogen) atoms. The van der Waals surface area contributed by atoms with E-state index in [2.05, 4.69) is 24.1 Å². The van der Waals surface area contributed by atoms with Gasteiger partial charge in [-0.15, -0.1) is 12.4 Å². The number of alkyl halides is 3. The SMILES string of the molecule is CN(CCc1ccc2c(c1)OC(C)(C)C=C2c1cccc(C(F)(F)F)c1)Cc1ccccc1.Cl. The van der Waals surface area contributed by atoms with Gasteiger partial charge in [0.25, 0.3) is 0 Å². The van der Waals surface area contributed by atoms with Gasteiger partial charge in [0.1, 0.15) is 11.4 Å². The van der Waals surface area contributed by atoms with Crippen LogP contribution in [0.25, 0.3) is 5.57 Å². The Hall–Kier alpha value is -2.76. The summed E-state index contributed by atoms with van der Waals surface area (Å²) in [5, 5.41) is 0. The zero-order valence-corrected chi connectivity index (χ0v) is 20.3. The van der Waals surface area contributed by atoms with Crippen LogP contribution in [0.5, 0.6) is 5.75 Å². The second-order valence-electron chi connectivity index (χ2n) is 9.15. The van der Waals surface area contributed by atoms with Crippen LogP contribution in [0, 0.1) is 0 Å². The molecule has 0 saturated heterocycles. The first kappa shape index (κ1) is 25.9. The summed E-state index contributed by atoms with van der Waals surface area (Å²) < 4.78 is 46.0. The number of likely N-dealkylation sites (N-methyl/N-ethyl adjacent to an activating group) is 1. The van der Waals surface area contributed by atoms with Gasteiger partial charge < -0.3 is 9.64 Å². The van der Waals surface area contributed by atoms with Crippen LogP contribution in [-0.2, 0) is 19.1 Å². The molecule has 1 aliphatic heterocycles. The van der Waals surface area contributed by atoms with E-state index in [4.69, 9.17) is 4.74 Å². The number of halogens is 4. The monoisotopic (exact) mass is 487 g/mol. The number of ether oxygens (including phenoxy) is 1. The van der Waals surface area contributed by atoms with E-state index in [9.17, 15) is 13.2 Å². The molecule has 0 aliphatic carbocycles. The van der Waals surface area contributed by atoms with Crippen molar-refractivity contribution in [2.45, 2.75) is 38.6 Å². The van der Waals surface area contributed by atoms with Crippen LogP contribution >= 0.6 is 12.4 Å². The molecule has 180 valence electrons. The molecule has 0 radical (unpaired) electrons. The van der Waals surface area contributed by atoms with Crippen LogP contribution in [0.2, 0.25) is 0 Å². The third-order valence-electron chi connectivity index (χ3n) is 5.78. The van der Waals surface area contributed by atoms with E-state index in [1.54, 1.807) is 6.07 Å². The minimum absolute atomic E-state index is 0. The molecule has 0 unspecified atom stereocenters. The predicted octanol–water partition coefficient (Wildman–Crippen LogP) is 7.40. The third kappa shape index (κ3) is 6.22. The van der Waals surface area contributed by atoms with Gasteiger partial charge in [0.2, 0.25) is 0 Å². The van der Waals surface area contributed by atoms with E-state index in [0.29, 0.717) is 11.3 Å².